The average Bonchev–Trinajstić information content (AvgIpc) is 3.07. The Morgan fingerprint density at radius 1 is 1.06 bits per heavy atom. The van der Waals surface area contributed by atoms with Crippen molar-refractivity contribution >= 4 is 49.9 Å². The lowest BCUT2D eigenvalue weighted by Gasteiger charge is -2.12. The maximum atomic E-state index is 13.1. The number of hydrogen-bond acceptors (Lipinski definition) is 4. The molecule has 1 fully saturated rings. The summed E-state index contributed by atoms with van der Waals surface area (Å²) in [6.07, 6.45) is 1.56. The number of hydrogen-bond donors (Lipinski definition) is 1. The minimum atomic E-state index is -0.546. The number of ether oxygens (including phenoxy) is 1. The molecule has 3 aromatic carbocycles. The van der Waals surface area contributed by atoms with E-state index in [4.69, 9.17) is 4.74 Å². The van der Waals surface area contributed by atoms with E-state index in [-0.39, 0.29) is 24.7 Å². The molecular formula is C25H16Br2FN3O3. The third-order valence-electron chi connectivity index (χ3n) is 5.06. The van der Waals surface area contributed by atoms with E-state index >= 15 is 0 Å². The van der Waals surface area contributed by atoms with Gasteiger partial charge in [-0.05, 0) is 79.4 Å². The van der Waals surface area contributed by atoms with E-state index in [0.29, 0.717) is 31.4 Å². The van der Waals surface area contributed by atoms with Crippen molar-refractivity contribution < 1.29 is 18.7 Å². The monoisotopic (exact) mass is 583 g/mol. The second-order valence-electron chi connectivity index (χ2n) is 7.38. The Labute approximate surface area is 211 Å². The molecular weight excluding hydrogens is 569 g/mol. The van der Waals surface area contributed by atoms with Crippen LogP contribution in [0.5, 0.6) is 5.75 Å². The summed E-state index contributed by atoms with van der Waals surface area (Å²) in [7, 11) is 0. The maximum absolute atomic E-state index is 13.1. The van der Waals surface area contributed by atoms with Crippen LogP contribution in [0.1, 0.15) is 22.3 Å². The number of nitrogens with zero attached hydrogens (tertiary/aromatic N) is 2. The largest absolute Gasteiger partial charge is 0.486 e. The first-order chi connectivity index (χ1) is 16.4. The van der Waals surface area contributed by atoms with Gasteiger partial charge < -0.3 is 10.1 Å². The predicted octanol–water partition coefficient (Wildman–Crippen LogP) is 5.89. The van der Waals surface area contributed by atoms with Gasteiger partial charge in [0.2, 0.25) is 0 Å². The molecule has 34 heavy (non-hydrogen) atoms. The molecule has 3 amide bonds. The number of imide groups is 1. The molecule has 9 heteroatoms. The Bertz CT molecular complexity index is 1330. The molecule has 170 valence electrons. The SMILES string of the molecule is N#Cc1ccccc1COc1c(Br)cc(/C=C2/NC(=O)N(Cc3ccc(F)cc3)C2=O)cc1Br. The lowest BCUT2D eigenvalue weighted by Crippen LogP contribution is -2.30. The van der Waals surface area contributed by atoms with Gasteiger partial charge in [0, 0.05) is 5.56 Å². The first-order valence-corrected chi connectivity index (χ1v) is 11.6. The van der Waals surface area contributed by atoms with E-state index in [0.717, 1.165) is 10.5 Å². The molecule has 0 saturated carbocycles. The van der Waals surface area contributed by atoms with E-state index < -0.39 is 11.9 Å². The average molecular weight is 585 g/mol. The molecule has 0 unspecified atom stereocenters. The smallest absolute Gasteiger partial charge is 0.329 e. The van der Waals surface area contributed by atoms with Gasteiger partial charge in [-0.3, -0.25) is 9.69 Å². The van der Waals surface area contributed by atoms with Gasteiger partial charge in [-0.25, -0.2) is 9.18 Å². The van der Waals surface area contributed by atoms with Crippen molar-refractivity contribution in [3.63, 3.8) is 0 Å². The number of carbonyl (C=O) groups is 2. The van der Waals surface area contributed by atoms with Crippen molar-refractivity contribution in [3.8, 4) is 11.8 Å². The van der Waals surface area contributed by atoms with Crippen molar-refractivity contribution in [1.82, 2.24) is 10.2 Å². The molecule has 0 spiro atoms. The second-order valence-corrected chi connectivity index (χ2v) is 9.09. The molecule has 0 aromatic heterocycles. The van der Waals surface area contributed by atoms with Crippen molar-refractivity contribution in [1.29, 1.82) is 5.26 Å². The maximum Gasteiger partial charge on any atom is 0.329 e. The lowest BCUT2D eigenvalue weighted by atomic mass is 10.1. The summed E-state index contributed by atoms with van der Waals surface area (Å²) in [5, 5.41) is 11.8. The van der Waals surface area contributed by atoms with E-state index in [9.17, 15) is 19.2 Å². The summed E-state index contributed by atoms with van der Waals surface area (Å²) < 4.78 is 20.3. The molecule has 0 atom stereocenters. The highest BCUT2D eigenvalue weighted by atomic mass is 79.9. The third kappa shape index (κ3) is 5.19. The van der Waals surface area contributed by atoms with Crippen LogP contribution in [0.2, 0.25) is 0 Å². The van der Waals surface area contributed by atoms with E-state index in [1.807, 2.05) is 12.1 Å². The van der Waals surface area contributed by atoms with Crippen LogP contribution in [0.15, 0.2) is 75.3 Å². The highest BCUT2D eigenvalue weighted by Gasteiger charge is 2.33. The zero-order chi connectivity index (χ0) is 24.2. The zero-order valence-electron chi connectivity index (χ0n) is 17.5. The molecule has 1 heterocycles. The van der Waals surface area contributed by atoms with Crippen LogP contribution in [0.25, 0.3) is 6.08 Å². The standard InChI is InChI=1S/C25H16Br2FN3O3/c26-20-9-16(10-21(27)23(20)34-14-18-4-2-1-3-17(18)12-29)11-22-24(32)31(25(33)30-22)13-15-5-7-19(28)8-6-15/h1-11H,13-14H2,(H,30,33)/b22-11+. The van der Waals surface area contributed by atoms with Crippen molar-refractivity contribution in [2.45, 2.75) is 13.2 Å². The molecule has 6 nitrogen and oxygen atoms in total. The van der Waals surface area contributed by atoms with Crippen LogP contribution in [0, 0.1) is 17.1 Å². The quantitative estimate of drug-likeness (QED) is 0.289. The number of rotatable bonds is 6. The second kappa shape index (κ2) is 10.2. The minimum Gasteiger partial charge on any atom is -0.486 e. The summed E-state index contributed by atoms with van der Waals surface area (Å²) in [6.45, 7) is 0.237. The summed E-state index contributed by atoms with van der Waals surface area (Å²) in [4.78, 5) is 26.2. The molecule has 0 radical (unpaired) electrons. The lowest BCUT2D eigenvalue weighted by molar-refractivity contribution is -0.123. The molecule has 1 N–H and O–H groups in total. The topological polar surface area (TPSA) is 82.4 Å². The van der Waals surface area contributed by atoms with Crippen LogP contribution >= 0.6 is 31.9 Å². The van der Waals surface area contributed by atoms with Gasteiger partial charge in [0.1, 0.15) is 23.9 Å². The van der Waals surface area contributed by atoms with Crippen molar-refractivity contribution in [2.75, 3.05) is 0 Å². The van der Waals surface area contributed by atoms with Gasteiger partial charge in [0.25, 0.3) is 5.91 Å². The highest BCUT2D eigenvalue weighted by molar-refractivity contribution is 9.11. The predicted molar refractivity (Wildman–Crippen MR) is 131 cm³/mol. The van der Waals surface area contributed by atoms with Gasteiger partial charge >= 0.3 is 6.03 Å². The van der Waals surface area contributed by atoms with E-state index in [1.54, 1.807) is 30.3 Å². The highest BCUT2D eigenvalue weighted by Crippen LogP contribution is 2.36. The minimum absolute atomic E-state index is 0.0343. The Morgan fingerprint density at radius 3 is 2.41 bits per heavy atom. The molecule has 1 saturated heterocycles. The first-order valence-electron chi connectivity index (χ1n) is 10.0. The van der Waals surface area contributed by atoms with Crippen LogP contribution in [-0.2, 0) is 17.9 Å². The molecule has 0 bridgehead atoms. The number of amides is 3. The fraction of sp³-hybridized carbons (Fsp3) is 0.0800. The molecule has 1 aliphatic heterocycles. The van der Waals surface area contributed by atoms with Crippen molar-refractivity contribution in [3.05, 3.63) is 103 Å². The van der Waals surface area contributed by atoms with Gasteiger partial charge in [0.05, 0.1) is 27.1 Å². The Hall–Kier alpha value is -3.48. The Morgan fingerprint density at radius 2 is 1.74 bits per heavy atom. The van der Waals surface area contributed by atoms with E-state index in [1.165, 1.54) is 24.3 Å². The van der Waals surface area contributed by atoms with Crippen LogP contribution in [0.3, 0.4) is 0 Å². The number of benzene rings is 3. The summed E-state index contributed by atoms with van der Waals surface area (Å²) in [5.41, 5.74) is 2.71. The number of carbonyl (C=O) groups excluding carboxylic acids is 2. The third-order valence-corrected chi connectivity index (χ3v) is 6.24. The fourth-order valence-corrected chi connectivity index (χ4v) is 4.81. The Balaban J connectivity index is 1.51. The summed E-state index contributed by atoms with van der Waals surface area (Å²) in [5.74, 6) is -0.330. The van der Waals surface area contributed by atoms with E-state index in [2.05, 4.69) is 43.2 Å². The first kappa shape index (κ1) is 23.7. The fourth-order valence-electron chi connectivity index (χ4n) is 3.36. The molecule has 1 aliphatic rings. The zero-order valence-corrected chi connectivity index (χ0v) is 20.7. The molecule has 3 aromatic rings. The molecule has 4 rings (SSSR count). The van der Waals surface area contributed by atoms with Crippen LogP contribution in [0.4, 0.5) is 9.18 Å². The summed E-state index contributed by atoms with van der Waals surface area (Å²) >= 11 is 6.97. The Kier molecular flexibility index (Phi) is 7.10. The summed E-state index contributed by atoms with van der Waals surface area (Å²) in [6, 6.07) is 17.9. The van der Waals surface area contributed by atoms with Crippen LogP contribution < -0.4 is 10.1 Å². The number of nitrogens with one attached hydrogen (secondary N) is 1. The van der Waals surface area contributed by atoms with Gasteiger partial charge in [-0.1, -0.05) is 30.3 Å². The van der Waals surface area contributed by atoms with Crippen molar-refractivity contribution in [2.24, 2.45) is 0 Å². The molecule has 0 aliphatic carbocycles. The van der Waals surface area contributed by atoms with Gasteiger partial charge in [-0.15, -0.1) is 0 Å². The number of nitriles is 1. The van der Waals surface area contributed by atoms with Gasteiger partial charge in [-0.2, -0.15) is 5.26 Å². The number of urea groups is 1. The van der Waals surface area contributed by atoms with Gasteiger partial charge in [0.15, 0.2) is 0 Å². The number of halogens is 3. The normalized spacial score (nSPS) is 14.3. The van der Waals surface area contributed by atoms with Crippen LogP contribution in [-0.4, -0.2) is 16.8 Å².